The topological polar surface area (TPSA) is 88.2 Å². The van der Waals surface area contributed by atoms with Gasteiger partial charge in [-0.05, 0) is 64.5 Å². The Hall–Kier alpha value is -2.75. The summed E-state index contributed by atoms with van der Waals surface area (Å²) >= 11 is 0. The predicted molar refractivity (Wildman–Crippen MR) is 185 cm³/mol. The van der Waals surface area contributed by atoms with E-state index in [-0.39, 0.29) is 29.7 Å². The fourth-order valence-electron chi connectivity index (χ4n) is 6.19. The smallest absolute Gasteiger partial charge is 0.249 e. The van der Waals surface area contributed by atoms with Crippen molar-refractivity contribution in [3.63, 3.8) is 0 Å². The minimum atomic E-state index is -0.761. The number of carbonyl (C=O) groups excluding carboxylic acids is 3. The van der Waals surface area contributed by atoms with E-state index in [2.05, 4.69) is 48.4 Å². The van der Waals surface area contributed by atoms with Crippen LogP contribution in [-0.2, 0) is 19.8 Å². The maximum Gasteiger partial charge on any atom is 0.249 e. The third-order valence-corrected chi connectivity index (χ3v) is 9.17. The van der Waals surface area contributed by atoms with E-state index in [1.807, 2.05) is 82.9 Å². The van der Waals surface area contributed by atoms with Gasteiger partial charge in [0.15, 0.2) is 0 Å². The first-order valence-corrected chi connectivity index (χ1v) is 16.6. The van der Waals surface area contributed by atoms with Crippen LogP contribution < -0.4 is 10.6 Å². The highest BCUT2D eigenvalue weighted by molar-refractivity contribution is 5.94. The molecule has 2 rings (SSSR count). The molecule has 2 N–H and O–H groups in total. The quantitative estimate of drug-likeness (QED) is 0.307. The Kier molecular flexibility index (Phi) is 14.3. The molecule has 0 bridgehead atoms. The van der Waals surface area contributed by atoms with E-state index in [4.69, 9.17) is 0 Å². The zero-order valence-corrected chi connectivity index (χ0v) is 30.2. The number of benzene rings is 1. The Morgan fingerprint density at radius 1 is 0.933 bits per heavy atom. The monoisotopic (exact) mass is 626 g/mol. The number of likely N-dealkylation sites (N-methyl/N-ethyl adjacent to an activating group) is 2. The summed E-state index contributed by atoms with van der Waals surface area (Å²) in [5.41, 5.74) is 0.616. The molecule has 1 fully saturated rings. The van der Waals surface area contributed by atoms with Crippen LogP contribution in [0, 0.1) is 11.3 Å². The average Bonchev–Trinajstić information content (AvgIpc) is 2.97. The molecule has 45 heavy (non-hydrogen) atoms. The van der Waals surface area contributed by atoms with Crippen molar-refractivity contribution >= 4 is 17.7 Å². The van der Waals surface area contributed by atoms with Gasteiger partial charge in [0.05, 0.1) is 12.1 Å². The van der Waals surface area contributed by atoms with Crippen LogP contribution in [0.1, 0.15) is 67.4 Å². The summed E-state index contributed by atoms with van der Waals surface area (Å²) < 4.78 is 0. The molecular weight excluding hydrogens is 564 g/mol. The molecule has 254 valence electrons. The summed E-state index contributed by atoms with van der Waals surface area (Å²) in [7, 11) is 7.74. The first-order valence-electron chi connectivity index (χ1n) is 16.6. The van der Waals surface area contributed by atoms with Crippen LogP contribution in [0.25, 0.3) is 0 Å². The first-order chi connectivity index (χ1) is 20.9. The van der Waals surface area contributed by atoms with Gasteiger partial charge in [0, 0.05) is 44.2 Å². The standard InChI is InChI=1S/C36H62N6O3/c1-26(2)29(25-27(3)33(44)42-23-21-41(22-24-42)20-16-19-39(10)11)40(12)34(45)31(35(4,5)6)38-32(43)30(37-9)36(7,8)28-17-14-13-15-18-28/h13-15,17-18,25-26,29-31,37H,16,19-24H2,1-12H3,(H,38,43)/b27-25+/t29-,30+,31-/m0/s1. The van der Waals surface area contributed by atoms with Gasteiger partial charge in [0.2, 0.25) is 17.7 Å². The highest BCUT2D eigenvalue weighted by atomic mass is 16.2. The minimum Gasteiger partial charge on any atom is -0.342 e. The van der Waals surface area contributed by atoms with Crippen LogP contribution >= 0.6 is 0 Å². The van der Waals surface area contributed by atoms with Gasteiger partial charge < -0.3 is 25.3 Å². The van der Waals surface area contributed by atoms with Crippen LogP contribution in [0.2, 0.25) is 0 Å². The van der Waals surface area contributed by atoms with Crippen LogP contribution in [0.3, 0.4) is 0 Å². The molecule has 1 heterocycles. The molecular formula is C36H62N6O3. The number of nitrogens with zero attached hydrogens (tertiary/aromatic N) is 4. The summed E-state index contributed by atoms with van der Waals surface area (Å²) in [6, 6.07) is 8.31. The maximum absolute atomic E-state index is 14.2. The minimum absolute atomic E-state index is 0.0233. The zero-order valence-electron chi connectivity index (χ0n) is 30.2. The van der Waals surface area contributed by atoms with Crippen molar-refractivity contribution < 1.29 is 14.4 Å². The van der Waals surface area contributed by atoms with Gasteiger partial charge in [-0.15, -0.1) is 0 Å². The Morgan fingerprint density at radius 3 is 2.00 bits per heavy atom. The third kappa shape index (κ3) is 10.6. The van der Waals surface area contributed by atoms with E-state index in [0.717, 1.165) is 38.2 Å². The van der Waals surface area contributed by atoms with Gasteiger partial charge in [-0.3, -0.25) is 19.3 Å². The van der Waals surface area contributed by atoms with E-state index in [9.17, 15) is 14.4 Å². The summed E-state index contributed by atoms with van der Waals surface area (Å²) in [6.45, 7) is 21.2. The number of hydrogen-bond acceptors (Lipinski definition) is 6. The molecule has 3 atom stereocenters. The molecule has 1 aromatic rings. The molecule has 0 aromatic heterocycles. The number of rotatable bonds is 14. The molecule has 9 heteroatoms. The molecule has 3 amide bonds. The highest BCUT2D eigenvalue weighted by Gasteiger charge is 2.41. The molecule has 0 aliphatic carbocycles. The highest BCUT2D eigenvalue weighted by Crippen LogP contribution is 2.29. The Labute approximate surface area is 273 Å². The Balaban J connectivity index is 2.19. The third-order valence-electron chi connectivity index (χ3n) is 9.17. The first kappa shape index (κ1) is 38.4. The van der Waals surface area contributed by atoms with E-state index < -0.39 is 22.9 Å². The van der Waals surface area contributed by atoms with Crippen molar-refractivity contribution in [2.24, 2.45) is 11.3 Å². The molecule has 1 aromatic carbocycles. The normalized spacial score (nSPS) is 17.3. The maximum atomic E-state index is 14.2. The van der Waals surface area contributed by atoms with Gasteiger partial charge in [0.25, 0.3) is 0 Å². The molecule has 0 saturated carbocycles. The Bertz CT molecular complexity index is 1130. The van der Waals surface area contributed by atoms with E-state index >= 15 is 0 Å². The molecule has 1 saturated heterocycles. The SMILES string of the molecule is CN[C@H](C(=O)N[C@@H](C(=O)N(C)[C@@H](/C=C(\C)C(=O)N1CCN(CCCN(C)C)CC1)C(C)C)C(C)(C)C)C(C)(C)c1ccccc1. The van der Waals surface area contributed by atoms with E-state index in [0.29, 0.717) is 18.7 Å². The van der Waals surface area contributed by atoms with Crippen molar-refractivity contribution in [1.82, 2.24) is 30.2 Å². The molecule has 1 aliphatic rings. The average molecular weight is 627 g/mol. The number of carbonyl (C=O) groups is 3. The van der Waals surface area contributed by atoms with Crippen molar-refractivity contribution in [2.75, 3.05) is 67.5 Å². The predicted octanol–water partition coefficient (Wildman–Crippen LogP) is 3.61. The van der Waals surface area contributed by atoms with Gasteiger partial charge in [-0.25, -0.2) is 0 Å². The summed E-state index contributed by atoms with van der Waals surface area (Å²) in [6.07, 6.45) is 3.05. The van der Waals surface area contributed by atoms with Gasteiger partial charge in [0.1, 0.15) is 6.04 Å². The lowest BCUT2D eigenvalue weighted by Crippen LogP contribution is -2.61. The number of hydrogen-bond donors (Lipinski definition) is 2. The largest absolute Gasteiger partial charge is 0.342 e. The zero-order chi connectivity index (χ0) is 34.1. The second-order valence-corrected chi connectivity index (χ2v) is 14.9. The van der Waals surface area contributed by atoms with Gasteiger partial charge in [-0.2, -0.15) is 0 Å². The lowest BCUT2D eigenvalue weighted by atomic mass is 9.76. The van der Waals surface area contributed by atoms with Crippen LogP contribution in [-0.4, -0.2) is 123 Å². The second-order valence-electron chi connectivity index (χ2n) is 14.9. The van der Waals surface area contributed by atoms with E-state index in [1.165, 1.54) is 0 Å². The number of amides is 3. The Morgan fingerprint density at radius 2 is 1.51 bits per heavy atom. The lowest BCUT2D eigenvalue weighted by Gasteiger charge is -2.40. The summed E-state index contributed by atoms with van der Waals surface area (Å²) in [4.78, 5) is 49.7. The van der Waals surface area contributed by atoms with Crippen molar-refractivity contribution in [3.8, 4) is 0 Å². The second kappa shape index (κ2) is 16.7. The molecule has 0 spiro atoms. The summed E-state index contributed by atoms with van der Waals surface area (Å²) in [5.74, 6) is -0.314. The number of piperazine rings is 1. The number of nitrogens with one attached hydrogen (secondary N) is 2. The van der Waals surface area contributed by atoms with Crippen LogP contribution in [0.5, 0.6) is 0 Å². The van der Waals surface area contributed by atoms with Crippen molar-refractivity contribution in [1.29, 1.82) is 0 Å². The fourth-order valence-corrected chi connectivity index (χ4v) is 6.19. The summed E-state index contributed by atoms with van der Waals surface area (Å²) in [5, 5.41) is 6.31. The van der Waals surface area contributed by atoms with Gasteiger partial charge >= 0.3 is 0 Å². The lowest BCUT2D eigenvalue weighted by molar-refractivity contribution is -0.141. The van der Waals surface area contributed by atoms with Gasteiger partial charge in [-0.1, -0.05) is 84.9 Å². The van der Waals surface area contributed by atoms with Crippen LogP contribution in [0.15, 0.2) is 42.0 Å². The molecule has 0 unspecified atom stereocenters. The van der Waals surface area contributed by atoms with Crippen molar-refractivity contribution in [3.05, 3.63) is 47.5 Å². The molecule has 9 nitrogen and oxygen atoms in total. The van der Waals surface area contributed by atoms with Crippen molar-refractivity contribution in [2.45, 2.75) is 85.4 Å². The molecule has 0 radical (unpaired) electrons. The fraction of sp³-hybridized carbons (Fsp3) is 0.694. The van der Waals surface area contributed by atoms with E-state index in [1.54, 1.807) is 19.0 Å². The van der Waals surface area contributed by atoms with Crippen LogP contribution in [0.4, 0.5) is 0 Å². The molecule has 1 aliphatic heterocycles.